The van der Waals surface area contributed by atoms with Crippen molar-refractivity contribution in [3.05, 3.63) is 46.2 Å². The Labute approximate surface area is 107 Å². The molecule has 2 N–H and O–H groups in total. The quantitative estimate of drug-likeness (QED) is 0.901. The smallest absolute Gasteiger partial charge is 0.254 e. The summed E-state index contributed by atoms with van der Waals surface area (Å²) in [7, 11) is 0. The van der Waals surface area contributed by atoms with E-state index in [-0.39, 0.29) is 17.6 Å². The van der Waals surface area contributed by atoms with Crippen LogP contribution in [0.3, 0.4) is 0 Å². The molecule has 1 atom stereocenters. The number of nitrogens with two attached hydrogens (primary N) is 1. The summed E-state index contributed by atoms with van der Waals surface area (Å²) < 4.78 is 1.85. The van der Waals surface area contributed by atoms with Crippen molar-refractivity contribution in [1.82, 2.24) is 4.57 Å². The number of pyridine rings is 1. The molecule has 0 fully saturated rings. The van der Waals surface area contributed by atoms with Crippen LogP contribution in [0.5, 0.6) is 0 Å². The lowest BCUT2D eigenvalue weighted by atomic mass is 10.1. The van der Waals surface area contributed by atoms with Gasteiger partial charge in [-0.25, -0.2) is 0 Å². The van der Waals surface area contributed by atoms with Crippen LogP contribution in [0.1, 0.15) is 32.4 Å². The van der Waals surface area contributed by atoms with Crippen LogP contribution < -0.4 is 11.3 Å². The first-order chi connectivity index (χ1) is 8.50. The Morgan fingerprint density at radius 2 is 1.89 bits per heavy atom. The molecule has 0 aliphatic carbocycles. The summed E-state index contributed by atoms with van der Waals surface area (Å²) in [5.41, 5.74) is 7.69. The van der Waals surface area contributed by atoms with Gasteiger partial charge in [0.25, 0.3) is 5.56 Å². The van der Waals surface area contributed by atoms with Crippen LogP contribution in [0.4, 0.5) is 0 Å². The number of benzene rings is 1. The first-order valence-electron chi connectivity index (χ1n) is 6.39. The predicted octanol–water partition coefficient (Wildman–Crippen LogP) is 2.47. The van der Waals surface area contributed by atoms with Gasteiger partial charge in [-0.05, 0) is 44.7 Å². The highest BCUT2D eigenvalue weighted by molar-refractivity contribution is 5.79. The molecular formula is C15H20N2O. The summed E-state index contributed by atoms with van der Waals surface area (Å²) in [6.07, 6.45) is 0.621. The molecule has 0 amide bonds. The molecule has 3 nitrogen and oxygen atoms in total. The predicted molar refractivity (Wildman–Crippen MR) is 75.9 cm³/mol. The summed E-state index contributed by atoms with van der Waals surface area (Å²) in [6, 6.07) is 10.1. The number of hydrogen-bond acceptors (Lipinski definition) is 2. The van der Waals surface area contributed by atoms with Gasteiger partial charge in [0.2, 0.25) is 0 Å². The summed E-state index contributed by atoms with van der Waals surface area (Å²) >= 11 is 0. The normalized spacial score (nSPS) is 13.2. The van der Waals surface area contributed by atoms with Crippen molar-refractivity contribution < 1.29 is 0 Å². The van der Waals surface area contributed by atoms with Gasteiger partial charge in [0.05, 0.1) is 5.52 Å². The fourth-order valence-electron chi connectivity index (χ4n) is 2.35. The summed E-state index contributed by atoms with van der Waals surface area (Å²) in [4.78, 5) is 12.5. The van der Waals surface area contributed by atoms with E-state index in [1.807, 2.05) is 55.7 Å². The van der Waals surface area contributed by atoms with E-state index < -0.39 is 0 Å². The fourth-order valence-corrected chi connectivity index (χ4v) is 2.35. The van der Waals surface area contributed by atoms with Crippen molar-refractivity contribution in [3.63, 3.8) is 0 Å². The molecule has 3 heteroatoms. The molecule has 18 heavy (non-hydrogen) atoms. The molecule has 96 valence electrons. The highest BCUT2D eigenvalue weighted by Crippen LogP contribution is 2.17. The Hall–Kier alpha value is -1.61. The van der Waals surface area contributed by atoms with Crippen LogP contribution in [0, 0.1) is 0 Å². The topological polar surface area (TPSA) is 48.0 Å². The van der Waals surface area contributed by atoms with Gasteiger partial charge in [-0.2, -0.15) is 0 Å². The third kappa shape index (κ3) is 2.31. The van der Waals surface area contributed by atoms with Crippen LogP contribution in [0.25, 0.3) is 10.9 Å². The second-order valence-electron chi connectivity index (χ2n) is 5.18. The molecule has 0 bridgehead atoms. The molecule has 0 saturated carbocycles. The van der Waals surface area contributed by atoms with Crippen molar-refractivity contribution in [3.8, 4) is 0 Å². The zero-order chi connectivity index (χ0) is 13.3. The van der Waals surface area contributed by atoms with Crippen molar-refractivity contribution in [2.24, 2.45) is 5.73 Å². The van der Waals surface area contributed by atoms with Gasteiger partial charge in [0.15, 0.2) is 0 Å². The molecule has 2 aromatic rings. The van der Waals surface area contributed by atoms with Crippen LogP contribution in [-0.2, 0) is 6.42 Å². The number of nitrogens with zero attached hydrogens (tertiary/aromatic N) is 1. The summed E-state index contributed by atoms with van der Waals surface area (Å²) in [5, 5.41) is 1.10. The van der Waals surface area contributed by atoms with Crippen LogP contribution in [0.2, 0.25) is 0 Å². The second kappa shape index (κ2) is 4.94. The van der Waals surface area contributed by atoms with Gasteiger partial charge in [-0.3, -0.25) is 4.79 Å². The van der Waals surface area contributed by atoms with Gasteiger partial charge in [0.1, 0.15) is 0 Å². The fraction of sp³-hybridized carbons (Fsp3) is 0.400. The molecule has 1 heterocycles. The third-order valence-corrected chi connectivity index (χ3v) is 3.08. The van der Waals surface area contributed by atoms with E-state index in [1.165, 1.54) is 0 Å². The zero-order valence-electron chi connectivity index (χ0n) is 11.2. The largest absolute Gasteiger partial charge is 0.328 e. The molecular weight excluding hydrogens is 224 g/mol. The SMILES string of the molecule is CC(N)Cc1cc2ccccc2n(C(C)C)c1=O. The Kier molecular flexibility index (Phi) is 3.53. The van der Waals surface area contributed by atoms with Crippen molar-refractivity contribution >= 4 is 10.9 Å². The van der Waals surface area contributed by atoms with Crippen LogP contribution in [0.15, 0.2) is 35.1 Å². The maximum atomic E-state index is 12.5. The first kappa shape index (κ1) is 12.8. The van der Waals surface area contributed by atoms with E-state index in [9.17, 15) is 4.79 Å². The van der Waals surface area contributed by atoms with Crippen LogP contribution in [-0.4, -0.2) is 10.6 Å². The molecule has 0 aliphatic rings. The van der Waals surface area contributed by atoms with E-state index in [1.54, 1.807) is 0 Å². The van der Waals surface area contributed by atoms with E-state index in [2.05, 4.69) is 0 Å². The summed E-state index contributed by atoms with van der Waals surface area (Å²) in [6.45, 7) is 5.99. The maximum absolute atomic E-state index is 12.5. The number of aromatic nitrogens is 1. The molecule has 1 aromatic carbocycles. The monoisotopic (exact) mass is 244 g/mol. The average Bonchev–Trinajstić information content (AvgIpc) is 2.29. The standard InChI is InChI=1S/C15H20N2O/c1-10(2)17-14-7-5-4-6-12(14)9-13(15(17)18)8-11(3)16/h4-7,9-11H,8,16H2,1-3H3. The van der Waals surface area contributed by atoms with Gasteiger partial charge < -0.3 is 10.3 Å². The average molecular weight is 244 g/mol. The number of fused-ring (bicyclic) bond motifs is 1. The highest BCUT2D eigenvalue weighted by Gasteiger charge is 2.12. The van der Waals surface area contributed by atoms with E-state index in [0.717, 1.165) is 16.5 Å². The number of rotatable bonds is 3. The van der Waals surface area contributed by atoms with Crippen molar-refractivity contribution in [2.75, 3.05) is 0 Å². The highest BCUT2D eigenvalue weighted by atomic mass is 16.1. The lowest BCUT2D eigenvalue weighted by Gasteiger charge is -2.16. The molecule has 0 radical (unpaired) electrons. The molecule has 0 spiro atoms. The first-order valence-corrected chi connectivity index (χ1v) is 6.39. The Bertz CT molecular complexity index is 611. The van der Waals surface area contributed by atoms with E-state index >= 15 is 0 Å². The zero-order valence-corrected chi connectivity index (χ0v) is 11.2. The molecule has 1 unspecified atom stereocenters. The third-order valence-electron chi connectivity index (χ3n) is 3.08. The molecule has 0 aliphatic heterocycles. The van der Waals surface area contributed by atoms with E-state index in [4.69, 9.17) is 5.73 Å². The minimum atomic E-state index is -0.000487. The lowest BCUT2D eigenvalue weighted by molar-refractivity contribution is 0.591. The lowest BCUT2D eigenvalue weighted by Crippen LogP contribution is -2.29. The van der Waals surface area contributed by atoms with Gasteiger partial charge in [-0.15, -0.1) is 0 Å². The van der Waals surface area contributed by atoms with Gasteiger partial charge in [-0.1, -0.05) is 18.2 Å². The molecule has 2 rings (SSSR count). The minimum absolute atomic E-state index is 0.000487. The van der Waals surface area contributed by atoms with Gasteiger partial charge >= 0.3 is 0 Å². The van der Waals surface area contributed by atoms with Crippen LogP contribution >= 0.6 is 0 Å². The molecule has 1 aromatic heterocycles. The van der Waals surface area contributed by atoms with Crippen molar-refractivity contribution in [2.45, 2.75) is 39.3 Å². The van der Waals surface area contributed by atoms with Gasteiger partial charge in [0, 0.05) is 17.6 Å². The maximum Gasteiger partial charge on any atom is 0.254 e. The second-order valence-corrected chi connectivity index (χ2v) is 5.18. The van der Waals surface area contributed by atoms with E-state index in [0.29, 0.717) is 6.42 Å². The number of para-hydroxylation sites is 1. The minimum Gasteiger partial charge on any atom is -0.328 e. The Morgan fingerprint density at radius 1 is 1.22 bits per heavy atom. The Morgan fingerprint density at radius 3 is 2.50 bits per heavy atom. The Balaban J connectivity index is 2.75. The number of hydrogen-bond donors (Lipinski definition) is 1. The molecule has 0 saturated heterocycles. The van der Waals surface area contributed by atoms with Crippen molar-refractivity contribution in [1.29, 1.82) is 0 Å². The summed E-state index contributed by atoms with van der Waals surface area (Å²) in [5.74, 6) is 0.